The summed E-state index contributed by atoms with van der Waals surface area (Å²) < 4.78 is 0. The SMILES string of the molecule is Cc1ccc(C(=O)Nc2cc(C(=O)O)ccc2Cl)cc1N. The second-order valence-corrected chi connectivity index (χ2v) is 4.93. The average Bonchev–Trinajstić information content (AvgIpc) is 2.43. The number of amides is 1. The van der Waals surface area contributed by atoms with E-state index in [9.17, 15) is 9.59 Å². The van der Waals surface area contributed by atoms with Crippen LogP contribution in [-0.2, 0) is 0 Å². The zero-order valence-corrected chi connectivity index (χ0v) is 11.9. The summed E-state index contributed by atoms with van der Waals surface area (Å²) in [6.07, 6.45) is 0. The van der Waals surface area contributed by atoms with Crippen LogP contribution in [0.15, 0.2) is 36.4 Å². The number of carboxylic acids is 1. The van der Waals surface area contributed by atoms with Gasteiger partial charge >= 0.3 is 5.97 Å². The Balaban J connectivity index is 2.28. The number of carboxylic acid groups (broad SMARTS) is 1. The number of halogens is 1. The maximum absolute atomic E-state index is 12.1. The van der Waals surface area contributed by atoms with Crippen LogP contribution in [0.3, 0.4) is 0 Å². The molecular weight excluding hydrogens is 292 g/mol. The lowest BCUT2D eigenvalue weighted by molar-refractivity contribution is 0.0696. The van der Waals surface area contributed by atoms with Crippen molar-refractivity contribution in [2.24, 2.45) is 0 Å². The molecule has 0 unspecified atom stereocenters. The topological polar surface area (TPSA) is 92.4 Å². The molecule has 1 amide bonds. The summed E-state index contributed by atoms with van der Waals surface area (Å²) in [5.74, 6) is -1.51. The van der Waals surface area contributed by atoms with E-state index in [1.54, 1.807) is 18.2 Å². The van der Waals surface area contributed by atoms with Crippen molar-refractivity contribution < 1.29 is 14.7 Å². The fraction of sp³-hybridized carbons (Fsp3) is 0.0667. The molecule has 0 saturated heterocycles. The maximum Gasteiger partial charge on any atom is 0.335 e. The Hall–Kier alpha value is -2.53. The van der Waals surface area contributed by atoms with Gasteiger partial charge in [0.15, 0.2) is 0 Å². The highest BCUT2D eigenvalue weighted by Gasteiger charge is 2.12. The number of anilines is 2. The quantitative estimate of drug-likeness (QED) is 0.759. The lowest BCUT2D eigenvalue weighted by atomic mass is 10.1. The number of hydrogen-bond donors (Lipinski definition) is 3. The number of aryl methyl sites for hydroxylation is 1. The number of carbonyl (C=O) groups excluding carboxylic acids is 1. The second-order valence-electron chi connectivity index (χ2n) is 4.53. The van der Waals surface area contributed by atoms with Gasteiger partial charge in [-0.05, 0) is 42.8 Å². The van der Waals surface area contributed by atoms with Crippen LogP contribution >= 0.6 is 11.6 Å². The third kappa shape index (κ3) is 3.32. The first kappa shape index (κ1) is 14.9. The Morgan fingerprint density at radius 2 is 1.81 bits per heavy atom. The molecule has 0 spiro atoms. The third-order valence-electron chi connectivity index (χ3n) is 3.00. The van der Waals surface area contributed by atoms with Crippen LogP contribution in [0.2, 0.25) is 5.02 Å². The Bertz CT molecular complexity index is 729. The number of carbonyl (C=O) groups is 2. The molecule has 0 aliphatic heterocycles. The first-order valence-electron chi connectivity index (χ1n) is 6.09. The van der Waals surface area contributed by atoms with Crippen molar-refractivity contribution in [2.45, 2.75) is 6.92 Å². The van der Waals surface area contributed by atoms with E-state index >= 15 is 0 Å². The number of hydrogen-bond acceptors (Lipinski definition) is 3. The first-order chi connectivity index (χ1) is 9.88. The lowest BCUT2D eigenvalue weighted by Gasteiger charge is -2.09. The van der Waals surface area contributed by atoms with Crippen LogP contribution in [0.25, 0.3) is 0 Å². The molecule has 0 heterocycles. The van der Waals surface area contributed by atoms with E-state index in [-0.39, 0.29) is 16.3 Å². The fourth-order valence-corrected chi connectivity index (χ4v) is 1.90. The molecule has 0 saturated carbocycles. The summed E-state index contributed by atoms with van der Waals surface area (Å²) in [6.45, 7) is 1.84. The lowest BCUT2D eigenvalue weighted by Crippen LogP contribution is -2.13. The van der Waals surface area contributed by atoms with Crippen LogP contribution in [0.5, 0.6) is 0 Å². The third-order valence-corrected chi connectivity index (χ3v) is 3.33. The molecule has 2 rings (SSSR count). The van der Waals surface area contributed by atoms with Gasteiger partial charge in [0.2, 0.25) is 0 Å². The van der Waals surface area contributed by atoms with Crippen molar-refractivity contribution in [3.63, 3.8) is 0 Å². The van der Waals surface area contributed by atoms with E-state index in [1.165, 1.54) is 18.2 Å². The van der Waals surface area contributed by atoms with Gasteiger partial charge in [-0.3, -0.25) is 4.79 Å². The predicted molar refractivity (Wildman–Crippen MR) is 82.0 cm³/mol. The molecular formula is C15H13ClN2O3. The fourth-order valence-electron chi connectivity index (χ4n) is 1.73. The Morgan fingerprint density at radius 3 is 2.43 bits per heavy atom. The number of nitrogens with one attached hydrogen (secondary N) is 1. The van der Waals surface area contributed by atoms with Crippen molar-refractivity contribution >= 4 is 34.9 Å². The minimum absolute atomic E-state index is 0.0399. The van der Waals surface area contributed by atoms with Crippen LogP contribution in [0.1, 0.15) is 26.3 Å². The van der Waals surface area contributed by atoms with E-state index in [4.69, 9.17) is 22.4 Å². The zero-order chi connectivity index (χ0) is 15.6. The molecule has 4 N–H and O–H groups in total. The molecule has 6 heteroatoms. The van der Waals surface area contributed by atoms with Gasteiger partial charge in [-0.15, -0.1) is 0 Å². The van der Waals surface area contributed by atoms with Crippen molar-refractivity contribution in [1.29, 1.82) is 0 Å². The zero-order valence-electron chi connectivity index (χ0n) is 11.2. The number of nitrogen functional groups attached to an aromatic ring is 1. The first-order valence-corrected chi connectivity index (χ1v) is 6.46. The Labute approximate surface area is 126 Å². The molecule has 0 bridgehead atoms. The van der Waals surface area contributed by atoms with Gasteiger partial charge in [-0.2, -0.15) is 0 Å². The summed E-state index contributed by atoms with van der Waals surface area (Å²) >= 11 is 5.96. The van der Waals surface area contributed by atoms with E-state index in [2.05, 4.69) is 5.32 Å². The molecule has 21 heavy (non-hydrogen) atoms. The van der Waals surface area contributed by atoms with Gasteiger partial charge in [0.25, 0.3) is 5.91 Å². The van der Waals surface area contributed by atoms with Gasteiger partial charge in [-0.1, -0.05) is 17.7 Å². The monoisotopic (exact) mass is 304 g/mol. The van der Waals surface area contributed by atoms with E-state index in [0.29, 0.717) is 11.3 Å². The number of aromatic carboxylic acids is 1. The van der Waals surface area contributed by atoms with Gasteiger partial charge < -0.3 is 16.2 Å². The van der Waals surface area contributed by atoms with Gasteiger partial charge in [0.1, 0.15) is 0 Å². The van der Waals surface area contributed by atoms with Crippen molar-refractivity contribution in [3.05, 3.63) is 58.1 Å². The van der Waals surface area contributed by atoms with Crippen molar-refractivity contribution in [3.8, 4) is 0 Å². The minimum Gasteiger partial charge on any atom is -0.478 e. The van der Waals surface area contributed by atoms with E-state index in [0.717, 1.165) is 5.56 Å². The normalized spacial score (nSPS) is 10.2. The largest absolute Gasteiger partial charge is 0.478 e. The summed E-state index contributed by atoms with van der Waals surface area (Å²) in [6, 6.07) is 9.02. The van der Waals surface area contributed by atoms with Crippen LogP contribution in [0, 0.1) is 6.92 Å². The maximum atomic E-state index is 12.1. The molecule has 108 valence electrons. The summed E-state index contributed by atoms with van der Waals surface area (Å²) in [5, 5.41) is 11.8. The standard InChI is InChI=1S/C15H13ClN2O3/c1-8-2-3-9(6-12(8)17)14(19)18-13-7-10(15(20)21)4-5-11(13)16/h2-7H,17H2,1H3,(H,18,19)(H,20,21). The average molecular weight is 305 g/mol. The number of benzene rings is 2. The summed E-state index contributed by atoms with van der Waals surface area (Å²) in [7, 11) is 0. The highest BCUT2D eigenvalue weighted by molar-refractivity contribution is 6.34. The molecule has 0 aromatic heterocycles. The molecule has 2 aromatic rings. The molecule has 0 fully saturated rings. The summed E-state index contributed by atoms with van der Waals surface area (Å²) in [4.78, 5) is 23.1. The predicted octanol–water partition coefficient (Wildman–Crippen LogP) is 3.18. The van der Waals surface area contributed by atoms with Crippen LogP contribution in [-0.4, -0.2) is 17.0 Å². The highest BCUT2D eigenvalue weighted by atomic mass is 35.5. The number of nitrogens with two attached hydrogens (primary N) is 1. The van der Waals surface area contributed by atoms with E-state index < -0.39 is 11.9 Å². The van der Waals surface area contributed by atoms with Crippen LogP contribution in [0.4, 0.5) is 11.4 Å². The van der Waals surface area contributed by atoms with Gasteiger partial charge in [-0.25, -0.2) is 4.79 Å². The molecule has 0 atom stereocenters. The van der Waals surface area contributed by atoms with E-state index in [1.807, 2.05) is 6.92 Å². The van der Waals surface area contributed by atoms with Crippen molar-refractivity contribution in [2.75, 3.05) is 11.1 Å². The molecule has 0 aliphatic rings. The molecule has 0 radical (unpaired) electrons. The van der Waals surface area contributed by atoms with Crippen molar-refractivity contribution in [1.82, 2.24) is 0 Å². The smallest absolute Gasteiger partial charge is 0.335 e. The summed E-state index contributed by atoms with van der Waals surface area (Å²) in [5.41, 5.74) is 7.79. The molecule has 2 aromatic carbocycles. The Morgan fingerprint density at radius 1 is 1.14 bits per heavy atom. The Kier molecular flexibility index (Phi) is 4.14. The minimum atomic E-state index is -1.10. The number of rotatable bonds is 3. The highest BCUT2D eigenvalue weighted by Crippen LogP contribution is 2.24. The van der Waals surface area contributed by atoms with Gasteiger partial charge in [0.05, 0.1) is 16.3 Å². The second kappa shape index (κ2) is 5.85. The molecule has 5 nitrogen and oxygen atoms in total. The van der Waals surface area contributed by atoms with Gasteiger partial charge in [0, 0.05) is 11.3 Å². The van der Waals surface area contributed by atoms with Crippen LogP contribution < -0.4 is 11.1 Å². The molecule has 0 aliphatic carbocycles.